The van der Waals surface area contributed by atoms with Gasteiger partial charge in [0.2, 0.25) is 0 Å². The van der Waals surface area contributed by atoms with E-state index in [4.69, 9.17) is 21.1 Å². The van der Waals surface area contributed by atoms with Gasteiger partial charge in [0, 0.05) is 5.02 Å². The second-order valence-electron chi connectivity index (χ2n) is 6.93. The Balaban J connectivity index is 1.68. The summed E-state index contributed by atoms with van der Waals surface area (Å²) in [6.45, 7) is 4.12. The zero-order valence-corrected chi connectivity index (χ0v) is 19.0. The van der Waals surface area contributed by atoms with Crippen LogP contribution in [0.15, 0.2) is 70.7 Å². The number of ether oxygens (including phenoxy) is 2. The lowest BCUT2D eigenvalue weighted by molar-refractivity contribution is 0.284. The normalized spacial score (nSPS) is 11.5. The Bertz CT molecular complexity index is 1210. The fraction of sp³-hybridized carbons (Fsp3) is 0.174. The second-order valence-corrected chi connectivity index (χ2v) is 9.03. The van der Waals surface area contributed by atoms with E-state index in [0.29, 0.717) is 28.7 Å². The Hall–Kier alpha value is -3.03. The van der Waals surface area contributed by atoms with Crippen LogP contribution < -0.4 is 14.3 Å². The third-order valence-corrected chi connectivity index (χ3v) is 6.10. The number of sulfonamides is 1. The van der Waals surface area contributed by atoms with Crippen molar-refractivity contribution < 1.29 is 17.9 Å². The maximum atomic E-state index is 12.4. The molecule has 0 heterocycles. The molecule has 0 aliphatic carbocycles. The highest BCUT2D eigenvalue weighted by molar-refractivity contribution is 7.89. The molecule has 162 valence electrons. The predicted octanol–water partition coefficient (Wildman–Crippen LogP) is 4.86. The SMILES string of the molecule is COc1cc(/C=N/NS(=O)(=O)c2ccc(C)c(C)c2)ccc1OCc1cccc(Cl)c1. The van der Waals surface area contributed by atoms with Gasteiger partial charge in [-0.1, -0.05) is 29.8 Å². The summed E-state index contributed by atoms with van der Waals surface area (Å²) in [4.78, 5) is 2.39. The highest BCUT2D eigenvalue weighted by Gasteiger charge is 2.13. The minimum atomic E-state index is -3.75. The van der Waals surface area contributed by atoms with Crippen LogP contribution in [-0.4, -0.2) is 21.7 Å². The first-order valence-corrected chi connectivity index (χ1v) is 11.3. The van der Waals surface area contributed by atoms with Crippen LogP contribution in [0.25, 0.3) is 0 Å². The lowest BCUT2D eigenvalue weighted by atomic mass is 10.1. The van der Waals surface area contributed by atoms with Gasteiger partial charge in [0.05, 0.1) is 18.2 Å². The molecule has 0 spiro atoms. The van der Waals surface area contributed by atoms with E-state index >= 15 is 0 Å². The highest BCUT2D eigenvalue weighted by Crippen LogP contribution is 2.28. The van der Waals surface area contributed by atoms with Crippen LogP contribution in [0.3, 0.4) is 0 Å². The molecule has 0 radical (unpaired) electrons. The molecule has 3 aromatic rings. The van der Waals surface area contributed by atoms with Crippen LogP contribution >= 0.6 is 11.6 Å². The first kappa shape index (κ1) is 22.7. The number of nitrogens with one attached hydrogen (secondary N) is 1. The molecule has 0 amide bonds. The molecule has 0 atom stereocenters. The zero-order chi connectivity index (χ0) is 22.4. The van der Waals surface area contributed by atoms with E-state index in [1.165, 1.54) is 13.3 Å². The van der Waals surface area contributed by atoms with Gasteiger partial charge in [-0.05, 0) is 78.6 Å². The first-order valence-electron chi connectivity index (χ1n) is 9.46. The molecule has 0 bridgehead atoms. The number of benzene rings is 3. The minimum Gasteiger partial charge on any atom is -0.493 e. The number of hydrogen-bond donors (Lipinski definition) is 1. The van der Waals surface area contributed by atoms with Crippen molar-refractivity contribution in [2.24, 2.45) is 5.10 Å². The van der Waals surface area contributed by atoms with E-state index in [0.717, 1.165) is 16.7 Å². The summed E-state index contributed by atoms with van der Waals surface area (Å²) in [7, 11) is -2.22. The number of methoxy groups -OCH3 is 1. The molecule has 3 rings (SSSR count). The monoisotopic (exact) mass is 458 g/mol. The number of halogens is 1. The first-order chi connectivity index (χ1) is 14.8. The average Bonchev–Trinajstić information content (AvgIpc) is 2.74. The summed E-state index contributed by atoms with van der Waals surface area (Å²) in [6, 6.07) is 17.5. The Labute approximate surface area is 187 Å². The standard InChI is InChI=1S/C23H23ClN2O4S/c1-16-7-9-21(11-17(16)2)31(27,28)26-25-14-18-8-10-22(23(13-18)29-3)30-15-19-5-4-6-20(24)12-19/h4-14,26H,15H2,1-3H3/b25-14+. The topological polar surface area (TPSA) is 77.0 Å². The molecule has 31 heavy (non-hydrogen) atoms. The summed E-state index contributed by atoms with van der Waals surface area (Å²) in [6.07, 6.45) is 1.40. The average molecular weight is 459 g/mol. The Kier molecular flexibility index (Phi) is 7.20. The summed E-state index contributed by atoms with van der Waals surface area (Å²) in [5.41, 5.74) is 3.49. The van der Waals surface area contributed by atoms with E-state index in [2.05, 4.69) is 9.93 Å². The number of rotatable bonds is 8. The van der Waals surface area contributed by atoms with E-state index in [-0.39, 0.29) is 4.90 Å². The number of aryl methyl sites for hydroxylation is 2. The molecule has 0 fully saturated rings. The fourth-order valence-corrected chi connectivity index (χ4v) is 3.86. The van der Waals surface area contributed by atoms with Crippen LogP contribution in [0.2, 0.25) is 5.02 Å². The molecule has 0 aliphatic rings. The second kappa shape index (κ2) is 9.85. The summed E-state index contributed by atoms with van der Waals surface area (Å²) < 4.78 is 36.1. The van der Waals surface area contributed by atoms with Crippen LogP contribution in [-0.2, 0) is 16.6 Å². The predicted molar refractivity (Wildman–Crippen MR) is 123 cm³/mol. The molecule has 6 nitrogen and oxygen atoms in total. The fourth-order valence-electron chi connectivity index (χ4n) is 2.78. The van der Waals surface area contributed by atoms with E-state index < -0.39 is 10.0 Å². The number of nitrogens with zero attached hydrogens (tertiary/aromatic N) is 1. The number of hydrazone groups is 1. The van der Waals surface area contributed by atoms with Gasteiger partial charge < -0.3 is 9.47 Å². The van der Waals surface area contributed by atoms with Gasteiger partial charge in [-0.2, -0.15) is 13.5 Å². The number of hydrogen-bond acceptors (Lipinski definition) is 5. The van der Waals surface area contributed by atoms with Gasteiger partial charge in [-0.25, -0.2) is 4.83 Å². The van der Waals surface area contributed by atoms with Crippen molar-refractivity contribution in [1.29, 1.82) is 0 Å². The maximum Gasteiger partial charge on any atom is 0.276 e. The molecule has 8 heteroatoms. The van der Waals surface area contributed by atoms with Gasteiger partial charge in [0.15, 0.2) is 11.5 Å². The summed E-state index contributed by atoms with van der Waals surface area (Å²) in [5.74, 6) is 1.05. The molecular weight excluding hydrogens is 436 g/mol. The van der Waals surface area contributed by atoms with E-state index in [1.807, 2.05) is 32.0 Å². The third kappa shape index (κ3) is 5.99. The third-order valence-electron chi connectivity index (χ3n) is 4.65. The Morgan fingerprint density at radius 2 is 1.81 bits per heavy atom. The van der Waals surface area contributed by atoms with Gasteiger partial charge in [-0.15, -0.1) is 0 Å². The molecule has 0 aliphatic heterocycles. The quantitative estimate of drug-likeness (QED) is 0.386. The van der Waals surface area contributed by atoms with Crippen LogP contribution in [0, 0.1) is 13.8 Å². The van der Waals surface area contributed by atoms with Crippen LogP contribution in [0.4, 0.5) is 0 Å². The van der Waals surface area contributed by atoms with Crippen molar-refractivity contribution in [2.45, 2.75) is 25.3 Å². The molecule has 0 unspecified atom stereocenters. The van der Waals surface area contributed by atoms with Crippen molar-refractivity contribution in [2.75, 3.05) is 7.11 Å². The summed E-state index contributed by atoms with van der Waals surface area (Å²) >= 11 is 6.00. The Morgan fingerprint density at radius 1 is 1.00 bits per heavy atom. The van der Waals surface area contributed by atoms with Crippen molar-refractivity contribution in [1.82, 2.24) is 4.83 Å². The van der Waals surface area contributed by atoms with Gasteiger partial charge in [0.25, 0.3) is 10.0 Å². The minimum absolute atomic E-state index is 0.162. The van der Waals surface area contributed by atoms with Gasteiger partial charge >= 0.3 is 0 Å². The Morgan fingerprint density at radius 3 is 2.52 bits per heavy atom. The molecular formula is C23H23ClN2O4S. The van der Waals surface area contributed by atoms with Gasteiger partial charge in [0.1, 0.15) is 6.61 Å². The maximum absolute atomic E-state index is 12.4. The lowest BCUT2D eigenvalue weighted by Crippen LogP contribution is -2.18. The van der Waals surface area contributed by atoms with Crippen molar-refractivity contribution in [3.8, 4) is 11.5 Å². The van der Waals surface area contributed by atoms with Crippen molar-refractivity contribution >= 4 is 27.8 Å². The van der Waals surface area contributed by atoms with Crippen LogP contribution in [0.1, 0.15) is 22.3 Å². The van der Waals surface area contributed by atoms with Crippen molar-refractivity contribution in [3.05, 3.63) is 87.9 Å². The molecule has 0 saturated heterocycles. The van der Waals surface area contributed by atoms with E-state index in [1.54, 1.807) is 42.5 Å². The smallest absolute Gasteiger partial charge is 0.276 e. The van der Waals surface area contributed by atoms with Crippen LogP contribution in [0.5, 0.6) is 11.5 Å². The summed E-state index contributed by atoms with van der Waals surface area (Å²) in [5, 5.41) is 4.52. The van der Waals surface area contributed by atoms with Crippen molar-refractivity contribution in [3.63, 3.8) is 0 Å². The largest absolute Gasteiger partial charge is 0.493 e. The molecule has 1 N–H and O–H groups in total. The zero-order valence-electron chi connectivity index (χ0n) is 17.4. The highest BCUT2D eigenvalue weighted by atomic mass is 35.5. The molecule has 3 aromatic carbocycles. The molecule has 0 saturated carbocycles. The molecule has 0 aromatic heterocycles. The lowest BCUT2D eigenvalue weighted by Gasteiger charge is -2.11. The van der Waals surface area contributed by atoms with Gasteiger partial charge in [-0.3, -0.25) is 0 Å². The van der Waals surface area contributed by atoms with E-state index in [9.17, 15) is 8.42 Å².